The third kappa shape index (κ3) is 2.10. The first kappa shape index (κ1) is 9.31. The normalized spacial score (nSPS) is 9.50. The molecule has 0 aliphatic heterocycles. The molecule has 0 aliphatic carbocycles. The van der Waals surface area contributed by atoms with Crippen molar-refractivity contribution in [2.45, 2.75) is 6.92 Å². The Morgan fingerprint density at radius 1 is 1.42 bits per heavy atom. The number of hydrogen-bond acceptors (Lipinski definition) is 3. The van der Waals surface area contributed by atoms with Crippen molar-refractivity contribution >= 4 is 32.2 Å². The van der Waals surface area contributed by atoms with Crippen LogP contribution >= 0.6 is 22.6 Å². The molecule has 0 spiro atoms. The van der Waals surface area contributed by atoms with Gasteiger partial charge in [0.2, 0.25) is 3.79 Å². The summed E-state index contributed by atoms with van der Waals surface area (Å²) in [4.78, 5) is 25.4. The van der Waals surface area contributed by atoms with Gasteiger partial charge in [0, 0.05) is 41.3 Å². The first-order chi connectivity index (χ1) is 5.61. The van der Waals surface area contributed by atoms with E-state index < -0.39 is 0 Å². The summed E-state index contributed by atoms with van der Waals surface area (Å²) in [6, 6.07) is 3.15. The lowest BCUT2D eigenvalue weighted by Gasteiger charge is -1.94. The van der Waals surface area contributed by atoms with Gasteiger partial charge >= 0.3 is 0 Å². The third-order valence-corrected chi connectivity index (χ3v) is 1.97. The van der Waals surface area contributed by atoms with Gasteiger partial charge in [-0.1, -0.05) is 0 Å². The molecule has 0 amide bonds. The van der Waals surface area contributed by atoms with Crippen LogP contribution in [0.25, 0.3) is 0 Å². The Morgan fingerprint density at radius 2 is 2.08 bits per heavy atom. The number of rotatable bonds is 2. The van der Waals surface area contributed by atoms with Crippen LogP contribution < -0.4 is 0 Å². The molecule has 1 rings (SSSR count). The highest BCUT2D eigenvalue weighted by atomic mass is 127. The van der Waals surface area contributed by atoms with Gasteiger partial charge in [0.15, 0.2) is 5.78 Å². The van der Waals surface area contributed by atoms with Crippen molar-refractivity contribution in [1.29, 1.82) is 0 Å². The molecule has 62 valence electrons. The first-order valence-electron chi connectivity index (χ1n) is 3.28. The summed E-state index contributed by atoms with van der Waals surface area (Å²) in [6.45, 7) is 1.44. The van der Waals surface area contributed by atoms with E-state index >= 15 is 0 Å². The lowest BCUT2D eigenvalue weighted by atomic mass is 10.2. The second-order valence-electron chi connectivity index (χ2n) is 2.26. The van der Waals surface area contributed by atoms with Gasteiger partial charge in [-0.15, -0.1) is 0 Å². The summed E-state index contributed by atoms with van der Waals surface area (Å²) < 4.78 is -0.0739. The van der Waals surface area contributed by atoms with Crippen LogP contribution in [-0.2, 0) is 0 Å². The molecule has 0 aliphatic rings. The van der Waals surface area contributed by atoms with E-state index in [4.69, 9.17) is 0 Å². The van der Waals surface area contributed by atoms with Gasteiger partial charge in [-0.2, -0.15) is 0 Å². The predicted octanol–water partition coefficient (Wildman–Crippen LogP) is 1.86. The zero-order chi connectivity index (χ0) is 9.14. The number of pyridine rings is 1. The molecule has 0 fully saturated rings. The fourth-order valence-electron chi connectivity index (χ4n) is 0.718. The number of aromatic nitrogens is 1. The second kappa shape index (κ2) is 3.75. The molecule has 0 aromatic carbocycles. The minimum absolute atomic E-state index is 0.0739. The molecule has 0 unspecified atom stereocenters. The van der Waals surface area contributed by atoms with Gasteiger partial charge in [0.05, 0.1) is 0 Å². The number of halogens is 1. The van der Waals surface area contributed by atoms with Crippen molar-refractivity contribution in [1.82, 2.24) is 4.98 Å². The maximum Gasteiger partial charge on any atom is 0.223 e. The minimum atomic E-state index is -0.0949. The number of carbonyl (C=O) groups excluding carboxylic acids is 2. The van der Waals surface area contributed by atoms with Crippen LogP contribution in [0, 0.1) is 0 Å². The molecule has 4 heteroatoms. The van der Waals surface area contributed by atoms with Crippen molar-refractivity contribution in [2.75, 3.05) is 0 Å². The summed E-state index contributed by atoms with van der Waals surface area (Å²) in [7, 11) is 0. The van der Waals surface area contributed by atoms with Crippen LogP contribution in [0.1, 0.15) is 27.8 Å². The summed E-state index contributed by atoms with van der Waals surface area (Å²) in [5.74, 6) is -0.0949. The molecule has 0 bridgehead atoms. The van der Waals surface area contributed by atoms with Gasteiger partial charge in [-0.3, -0.25) is 14.6 Å². The van der Waals surface area contributed by atoms with Crippen molar-refractivity contribution in [2.24, 2.45) is 0 Å². The lowest BCUT2D eigenvalue weighted by Crippen LogP contribution is -1.98. The van der Waals surface area contributed by atoms with Crippen molar-refractivity contribution in [3.63, 3.8) is 0 Å². The van der Waals surface area contributed by atoms with Crippen LogP contribution in [-0.4, -0.2) is 14.6 Å². The quantitative estimate of drug-likeness (QED) is 0.470. The van der Waals surface area contributed by atoms with Gasteiger partial charge in [0.25, 0.3) is 0 Å². The average Bonchev–Trinajstić information content (AvgIpc) is 2.04. The number of ketones is 1. The number of hydrogen-bond donors (Lipinski definition) is 0. The van der Waals surface area contributed by atoms with Crippen LogP contribution in [0.15, 0.2) is 18.3 Å². The molecule has 3 nitrogen and oxygen atoms in total. The summed E-state index contributed by atoms with van der Waals surface area (Å²) in [5, 5.41) is 0. The minimum Gasteiger partial charge on any atom is -0.293 e. The molecule has 1 heterocycles. The Morgan fingerprint density at radius 3 is 2.42 bits per heavy atom. The maximum absolute atomic E-state index is 10.8. The fourth-order valence-corrected chi connectivity index (χ4v) is 1.04. The highest BCUT2D eigenvalue weighted by Crippen LogP contribution is 2.05. The first-order valence-corrected chi connectivity index (χ1v) is 4.36. The average molecular weight is 275 g/mol. The standard InChI is InChI=1S/C8H6INO2/c1-5(11)7-3-2-6(4-10-7)8(9)12/h2-4H,1H3. The summed E-state index contributed by atoms with van der Waals surface area (Å²) >= 11 is 1.67. The molecular formula is C8H6INO2. The Balaban J connectivity index is 3.01. The molecule has 1 aromatic heterocycles. The van der Waals surface area contributed by atoms with E-state index in [2.05, 4.69) is 4.98 Å². The van der Waals surface area contributed by atoms with Crippen molar-refractivity contribution < 1.29 is 9.59 Å². The van der Waals surface area contributed by atoms with Crippen LogP contribution in [0.3, 0.4) is 0 Å². The third-order valence-electron chi connectivity index (χ3n) is 1.35. The Labute approximate surface area is 83.3 Å². The van der Waals surface area contributed by atoms with E-state index in [1.165, 1.54) is 13.1 Å². The zero-order valence-electron chi connectivity index (χ0n) is 6.37. The summed E-state index contributed by atoms with van der Waals surface area (Å²) in [5.41, 5.74) is 0.900. The molecule has 0 atom stereocenters. The van der Waals surface area contributed by atoms with Gasteiger partial charge < -0.3 is 0 Å². The smallest absolute Gasteiger partial charge is 0.223 e. The molecule has 1 aromatic rings. The molecule has 0 saturated carbocycles. The van der Waals surface area contributed by atoms with Crippen molar-refractivity contribution in [3.05, 3.63) is 29.6 Å². The number of Topliss-reactive ketones (excluding diaryl/α,β-unsaturated/α-hetero) is 1. The van der Waals surface area contributed by atoms with E-state index in [9.17, 15) is 9.59 Å². The van der Waals surface area contributed by atoms with Crippen LogP contribution in [0.5, 0.6) is 0 Å². The monoisotopic (exact) mass is 275 g/mol. The molecule has 0 radical (unpaired) electrons. The molecule has 0 N–H and O–H groups in total. The van der Waals surface area contributed by atoms with E-state index in [0.29, 0.717) is 11.3 Å². The lowest BCUT2D eigenvalue weighted by molar-refractivity contribution is 0.101. The van der Waals surface area contributed by atoms with Crippen LogP contribution in [0.4, 0.5) is 0 Å². The highest BCUT2D eigenvalue weighted by molar-refractivity contribution is 14.1. The highest BCUT2D eigenvalue weighted by Gasteiger charge is 2.03. The van der Waals surface area contributed by atoms with E-state index in [-0.39, 0.29) is 9.57 Å². The Bertz CT molecular complexity index is 285. The Kier molecular flexibility index (Phi) is 2.91. The molecule has 0 saturated heterocycles. The van der Waals surface area contributed by atoms with Crippen LogP contribution in [0.2, 0.25) is 0 Å². The predicted molar refractivity (Wildman–Crippen MR) is 52.6 cm³/mol. The second-order valence-corrected chi connectivity index (χ2v) is 3.24. The van der Waals surface area contributed by atoms with Crippen molar-refractivity contribution in [3.8, 4) is 0 Å². The van der Waals surface area contributed by atoms with Gasteiger partial charge in [0.1, 0.15) is 5.69 Å². The van der Waals surface area contributed by atoms with Gasteiger partial charge in [-0.05, 0) is 12.1 Å². The SMILES string of the molecule is CC(=O)c1ccc(C(=O)I)cn1. The largest absolute Gasteiger partial charge is 0.293 e. The molecule has 12 heavy (non-hydrogen) atoms. The number of carbonyl (C=O) groups is 2. The van der Waals surface area contributed by atoms with E-state index in [0.717, 1.165) is 0 Å². The molecular weight excluding hydrogens is 269 g/mol. The summed E-state index contributed by atoms with van der Waals surface area (Å²) in [6.07, 6.45) is 1.41. The van der Waals surface area contributed by atoms with Gasteiger partial charge in [-0.25, -0.2) is 0 Å². The Hall–Kier alpha value is -0.780. The maximum atomic E-state index is 10.8. The fraction of sp³-hybridized carbons (Fsp3) is 0.125. The topological polar surface area (TPSA) is 47.0 Å². The van der Waals surface area contributed by atoms with E-state index in [1.807, 2.05) is 0 Å². The zero-order valence-corrected chi connectivity index (χ0v) is 8.53. The number of nitrogens with zero attached hydrogens (tertiary/aromatic N) is 1. The van der Waals surface area contributed by atoms with E-state index in [1.54, 1.807) is 34.7 Å².